The number of hydrogen-bond donors (Lipinski definition) is 0. The largest absolute Gasteiger partial charge is 0.496 e. The van der Waals surface area contributed by atoms with Gasteiger partial charge in [-0.2, -0.15) is 0 Å². The molecule has 22 heavy (non-hydrogen) atoms. The monoisotopic (exact) mass is 292 g/mol. The highest BCUT2D eigenvalue weighted by molar-refractivity contribution is 5.69. The third kappa shape index (κ3) is 0.714. The molecule has 0 aromatic heterocycles. The number of methoxy groups -OCH3 is 2. The standard InChI is InChI=1S/C20H20O2/c1-21-9-5-6-10(22-2)12-11(9)16-13-14-15(13)18-19(16)7-3-4-8-20(18,19)17(12)14/h3-6,13-18H,7-8H2,1-2H3/t13-,14+,15?,16-,17-,18?,19+,20-/m1/s1. The van der Waals surface area contributed by atoms with Crippen molar-refractivity contribution < 1.29 is 9.47 Å². The van der Waals surface area contributed by atoms with E-state index in [4.69, 9.17) is 9.47 Å². The molecule has 8 rings (SSSR count). The van der Waals surface area contributed by atoms with E-state index in [1.807, 2.05) is 14.2 Å². The van der Waals surface area contributed by atoms with Crippen LogP contribution in [0.25, 0.3) is 0 Å². The molecule has 0 amide bonds. The summed E-state index contributed by atoms with van der Waals surface area (Å²) in [5, 5.41) is 0. The van der Waals surface area contributed by atoms with Gasteiger partial charge in [-0.25, -0.2) is 0 Å². The highest BCUT2D eigenvalue weighted by atomic mass is 16.5. The lowest BCUT2D eigenvalue weighted by molar-refractivity contribution is 0.129. The minimum atomic E-state index is 0.600. The van der Waals surface area contributed by atoms with Crippen molar-refractivity contribution in [2.24, 2.45) is 34.5 Å². The van der Waals surface area contributed by atoms with Crippen LogP contribution < -0.4 is 9.47 Å². The van der Waals surface area contributed by atoms with E-state index in [0.29, 0.717) is 10.8 Å². The van der Waals surface area contributed by atoms with Crippen LogP contribution >= 0.6 is 0 Å². The van der Waals surface area contributed by atoms with Gasteiger partial charge in [-0.05, 0) is 71.3 Å². The lowest BCUT2D eigenvalue weighted by Crippen LogP contribution is -2.41. The van der Waals surface area contributed by atoms with Gasteiger partial charge >= 0.3 is 0 Å². The molecule has 0 radical (unpaired) electrons. The molecule has 2 spiro atoms. The third-order valence-electron chi connectivity index (χ3n) is 8.70. The summed E-state index contributed by atoms with van der Waals surface area (Å²) in [6.45, 7) is 0. The average molecular weight is 292 g/mol. The fourth-order valence-electron chi connectivity index (χ4n) is 8.68. The van der Waals surface area contributed by atoms with Crippen LogP contribution in [0.5, 0.6) is 11.5 Å². The van der Waals surface area contributed by atoms with Gasteiger partial charge in [0.1, 0.15) is 11.5 Å². The van der Waals surface area contributed by atoms with Crippen LogP contribution in [0.15, 0.2) is 24.3 Å². The second-order valence-electron chi connectivity index (χ2n) is 8.42. The summed E-state index contributed by atoms with van der Waals surface area (Å²) in [4.78, 5) is 0. The first-order valence-corrected chi connectivity index (χ1v) is 8.72. The van der Waals surface area contributed by atoms with Crippen molar-refractivity contribution in [2.45, 2.75) is 24.7 Å². The van der Waals surface area contributed by atoms with E-state index in [-0.39, 0.29) is 0 Å². The lowest BCUT2D eigenvalue weighted by atomic mass is 9.53. The Labute approximate surface area is 130 Å². The Kier molecular flexibility index (Phi) is 1.45. The van der Waals surface area contributed by atoms with Gasteiger partial charge < -0.3 is 9.47 Å². The van der Waals surface area contributed by atoms with E-state index in [9.17, 15) is 0 Å². The first kappa shape index (κ1) is 11.2. The molecule has 2 bridgehead atoms. The van der Waals surface area contributed by atoms with Gasteiger partial charge in [0.2, 0.25) is 0 Å². The molecule has 1 aromatic carbocycles. The highest BCUT2D eigenvalue weighted by Crippen LogP contribution is 3.06. The molecule has 2 heteroatoms. The van der Waals surface area contributed by atoms with Crippen molar-refractivity contribution in [3.8, 4) is 11.5 Å². The summed E-state index contributed by atoms with van der Waals surface area (Å²) in [6, 6.07) is 4.29. The van der Waals surface area contributed by atoms with Gasteiger partial charge in [-0.3, -0.25) is 0 Å². The molecule has 1 aromatic rings. The van der Waals surface area contributed by atoms with Crippen LogP contribution in [0.4, 0.5) is 0 Å². The zero-order chi connectivity index (χ0) is 14.4. The second kappa shape index (κ2) is 2.86. The second-order valence-corrected chi connectivity index (χ2v) is 8.42. The quantitative estimate of drug-likeness (QED) is 0.773. The van der Waals surface area contributed by atoms with Crippen LogP contribution in [0.3, 0.4) is 0 Å². The number of ether oxygens (including phenoxy) is 2. The Morgan fingerprint density at radius 3 is 1.77 bits per heavy atom. The fraction of sp³-hybridized carbons (Fsp3) is 0.600. The molecule has 0 aliphatic heterocycles. The van der Waals surface area contributed by atoms with Gasteiger partial charge in [0.25, 0.3) is 0 Å². The van der Waals surface area contributed by atoms with Crippen molar-refractivity contribution in [1.29, 1.82) is 0 Å². The van der Waals surface area contributed by atoms with E-state index in [2.05, 4.69) is 24.3 Å². The summed E-state index contributed by atoms with van der Waals surface area (Å²) in [6.07, 6.45) is 7.59. The fourth-order valence-corrected chi connectivity index (χ4v) is 8.68. The molecule has 0 saturated heterocycles. The molecule has 0 heterocycles. The van der Waals surface area contributed by atoms with E-state index in [1.165, 1.54) is 12.8 Å². The first-order valence-electron chi connectivity index (χ1n) is 8.72. The van der Waals surface area contributed by atoms with Gasteiger partial charge in [-0.1, -0.05) is 12.2 Å². The number of rotatable bonds is 2. The zero-order valence-electron chi connectivity index (χ0n) is 13.0. The molecular formula is C20H20O2. The minimum Gasteiger partial charge on any atom is -0.496 e. The topological polar surface area (TPSA) is 18.5 Å². The highest BCUT2D eigenvalue weighted by Gasteiger charge is 3.01. The molecule has 2 nitrogen and oxygen atoms in total. The Balaban J connectivity index is 1.60. The Morgan fingerprint density at radius 1 is 0.818 bits per heavy atom. The minimum absolute atomic E-state index is 0.600. The third-order valence-corrected chi connectivity index (χ3v) is 8.70. The molecular weight excluding hydrogens is 272 g/mol. The molecule has 0 N–H and O–H groups in total. The van der Waals surface area contributed by atoms with Crippen molar-refractivity contribution in [3.05, 3.63) is 35.4 Å². The summed E-state index contributed by atoms with van der Waals surface area (Å²) in [5.41, 5.74) is 4.29. The van der Waals surface area contributed by atoms with E-state index in [1.54, 1.807) is 11.1 Å². The summed E-state index contributed by atoms with van der Waals surface area (Å²) < 4.78 is 11.6. The van der Waals surface area contributed by atoms with Crippen molar-refractivity contribution in [1.82, 2.24) is 0 Å². The maximum absolute atomic E-state index is 5.81. The maximum atomic E-state index is 5.81. The first-order chi connectivity index (χ1) is 10.8. The van der Waals surface area contributed by atoms with Crippen molar-refractivity contribution in [2.75, 3.05) is 14.2 Å². The molecule has 2 unspecified atom stereocenters. The van der Waals surface area contributed by atoms with Crippen molar-refractivity contribution in [3.63, 3.8) is 0 Å². The van der Waals surface area contributed by atoms with Crippen LogP contribution in [0.2, 0.25) is 0 Å². The summed E-state index contributed by atoms with van der Waals surface area (Å²) in [7, 11) is 3.67. The van der Waals surface area contributed by atoms with Crippen LogP contribution in [0, 0.1) is 34.5 Å². The SMILES string of the molecule is COc1ccc(OC)c2c1[C@@H]1[C@@H]3C4C5[C@@]16CC=CC[C@]56[C@H]2[C@@H]43. The van der Waals surface area contributed by atoms with Gasteiger partial charge in [0, 0.05) is 11.1 Å². The number of benzene rings is 1. The number of hydrogen-bond acceptors (Lipinski definition) is 2. The average Bonchev–Trinajstić information content (AvgIpc) is 3.37. The molecule has 112 valence electrons. The van der Waals surface area contributed by atoms with Gasteiger partial charge in [0.15, 0.2) is 0 Å². The van der Waals surface area contributed by atoms with Crippen LogP contribution in [-0.4, -0.2) is 14.2 Å². The molecule has 4 fully saturated rings. The Hall–Kier alpha value is -1.44. The maximum Gasteiger partial charge on any atom is 0.122 e. The smallest absolute Gasteiger partial charge is 0.122 e. The molecule has 8 atom stereocenters. The van der Waals surface area contributed by atoms with E-state index in [0.717, 1.165) is 47.0 Å². The predicted octanol–water partition coefficient (Wildman–Crippen LogP) is 3.73. The molecule has 4 saturated carbocycles. The van der Waals surface area contributed by atoms with E-state index < -0.39 is 0 Å². The van der Waals surface area contributed by atoms with Gasteiger partial charge in [-0.15, -0.1) is 0 Å². The molecule has 7 aliphatic carbocycles. The molecule has 7 aliphatic rings. The Bertz CT molecular complexity index is 732. The Morgan fingerprint density at radius 2 is 1.32 bits per heavy atom. The summed E-state index contributed by atoms with van der Waals surface area (Å²) >= 11 is 0. The lowest BCUT2D eigenvalue weighted by Gasteiger charge is -2.50. The zero-order valence-corrected chi connectivity index (χ0v) is 13.0. The van der Waals surface area contributed by atoms with Crippen LogP contribution in [0.1, 0.15) is 35.8 Å². The van der Waals surface area contributed by atoms with Crippen LogP contribution in [-0.2, 0) is 0 Å². The van der Waals surface area contributed by atoms with Gasteiger partial charge in [0.05, 0.1) is 14.2 Å². The van der Waals surface area contributed by atoms with Crippen molar-refractivity contribution >= 4 is 0 Å². The normalized spacial score (nSPS) is 55.5. The number of allylic oxidation sites excluding steroid dienone is 2. The predicted molar refractivity (Wildman–Crippen MR) is 82.2 cm³/mol. The summed E-state index contributed by atoms with van der Waals surface area (Å²) in [5.74, 6) is 7.72. The van der Waals surface area contributed by atoms with E-state index >= 15 is 0 Å².